The van der Waals surface area contributed by atoms with Crippen LogP contribution in [-0.4, -0.2) is 54.9 Å². The smallest absolute Gasteiger partial charge is 0.148 e. The second-order valence-electron chi connectivity index (χ2n) is 11.8. The zero-order chi connectivity index (χ0) is 28.7. The summed E-state index contributed by atoms with van der Waals surface area (Å²) in [6.07, 6.45) is 3.45. The molecule has 208 valence electrons. The molecule has 9 nitrogen and oxygen atoms in total. The van der Waals surface area contributed by atoms with Crippen molar-refractivity contribution in [2.75, 3.05) is 36.9 Å². The Hall–Kier alpha value is -3.20. The first-order valence-electron chi connectivity index (χ1n) is 13.0. The van der Waals surface area contributed by atoms with E-state index in [0.717, 1.165) is 16.6 Å². The molecule has 2 aromatic carbocycles. The summed E-state index contributed by atoms with van der Waals surface area (Å²) in [5.74, 6) is 0. The molecule has 0 saturated carbocycles. The molecule has 1 aromatic heterocycles. The number of hydrazine groups is 2. The van der Waals surface area contributed by atoms with E-state index in [0.29, 0.717) is 45.6 Å². The molecule has 0 aliphatic carbocycles. The molecule has 5 rings (SSSR count). The summed E-state index contributed by atoms with van der Waals surface area (Å²) in [4.78, 5) is 4.48. The average molecular weight is 580 g/mol. The van der Waals surface area contributed by atoms with Gasteiger partial charge in [0, 0.05) is 35.0 Å². The predicted octanol–water partition coefficient (Wildman–Crippen LogP) is 3.70. The van der Waals surface area contributed by atoms with Crippen LogP contribution in [0.4, 0.5) is 11.4 Å². The Morgan fingerprint density at radius 3 is 2.62 bits per heavy atom. The number of aliphatic hydroxyl groups is 1. The third-order valence-corrected chi connectivity index (χ3v) is 7.63. The van der Waals surface area contributed by atoms with Crippen LogP contribution in [0.15, 0.2) is 54.5 Å². The normalized spacial score (nSPS) is 17.8. The van der Waals surface area contributed by atoms with Gasteiger partial charge in [0.2, 0.25) is 0 Å². The molecular weight excluding hydrogens is 548 g/mol. The lowest BCUT2D eigenvalue weighted by Gasteiger charge is -2.38. The third-order valence-electron chi connectivity index (χ3n) is 7.01. The molecule has 1 unspecified atom stereocenters. The van der Waals surface area contributed by atoms with Gasteiger partial charge in [-0.3, -0.25) is 9.99 Å². The van der Waals surface area contributed by atoms with Gasteiger partial charge in [0.05, 0.1) is 52.7 Å². The van der Waals surface area contributed by atoms with Gasteiger partial charge < -0.3 is 25.9 Å². The van der Waals surface area contributed by atoms with Crippen LogP contribution in [0.5, 0.6) is 0 Å². The maximum absolute atomic E-state index is 10.6. The molecule has 2 aliphatic rings. The Labute approximate surface area is 244 Å². The fourth-order valence-electron chi connectivity index (χ4n) is 4.83. The van der Waals surface area contributed by atoms with Crippen LogP contribution in [0, 0.1) is 16.7 Å². The number of aromatic nitrogens is 1. The molecule has 3 aromatic rings. The number of hydrogen-bond acceptors (Lipinski definition) is 9. The van der Waals surface area contributed by atoms with Gasteiger partial charge in [-0.15, -0.1) is 5.53 Å². The molecule has 0 bridgehead atoms. The second-order valence-corrected chi connectivity index (χ2v) is 12.6. The lowest BCUT2D eigenvalue weighted by atomic mass is 9.69. The summed E-state index contributed by atoms with van der Waals surface area (Å²) in [5.41, 5.74) is 8.63. The van der Waals surface area contributed by atoms with Crippen molar-refractivity contribution in [1.82, 2.24) is 21.0 Å². The van der Waals surface area contributed by atoms with Crippen LogP contribution in [-0.2, 0) is 10.2 Å². The molecule has 1 saturated heterocycles. The fourth-order valence-corrected chi connectivity index (χ4v) is 5.43. The summed E-state index contributed by atoms with van der Waals surface area (Å²) in [5, 5.41) is 31.1. The molecule has 3 heterocycles. The summed E-state index contributed by atoms with van der Waals surface area (Å²) in [6.45, 7) is 7.95. The van der Waals surface area contributed by atoms with Gasteiger partial charge in [-0.1, -0.05) is 62.2 Å². The highest BCUT2D eigenvalue weighted by atomic mass is 35.5. The first kappa shape index (κ1) is 28.3. The van der Waals surface area contributed by atoms with E-state index in [1.54, 1.807) is 11.2 Å². The van der Waals surface area contributed by atoms with Crippen molar-refractivity contribution in [3.05, 3.63) is 75.7 Å². The number of halogens is 2. The second kappa shape index (κ2) is 10.7. The molecule has 1 fully saturated rings. The highest BCUT2D eigenvalue weighted by Gasteiger charge is 2.41. The standard InChI is InChI=1S/C28H32BCl2N7O2/c1-26(2,3)13-34-24-17(10-32)11-33-25-19(24)8-18(9-22(25)31)35-28(29,20-6-4-5-7-21(20)30)23-12-38(37-36-23)14-27(39)15-40-16-27/h4-9,11-12,35-37,39H,13-16,29H2,1-3H3,(H,33,34). The van der Waals surface area contributed by atoms with E-state index in [1.165, 1.54) is 0 Å². The fraction of sp³-hybridized carbons (Fsp3) is 0.357. The van der Waals surface area contributed by atoms with E-state index in [4.69, 9.17) is 27.9 Å². The third kappa shape index (κ3) is 5.66. The number of nitrogens with zero attached hydrogens (tertiary/aromatic N) is 3. The largest absolute Gasteiger partial charge is 0.383 e. The van der Waals surface area contributed by atoms with Gasteiger partial charge in [-0.05, 0) is 29.2 Å². The minimum Gasteiger partial charge on any atom is -0.383 e. The Kier molecular flexibility index (Phi) is 7.55. The van der Waals surface area contributed by atoms with Crippen LogP contribution in [0.3, 0.4) is 0 Å². The Morgan fingerprint density at radius 2 is 1.98 bits per heavy atom. The van der Waals surface area contributed by atoms with E-state index >= 15 is 0 Å². The van der Waals surface area contributed by atoms with E-state index in [-0.39, 0.29) is 18.6 Å². The van der Waals surface area contributed by atoms with E-state index in [9.17, 15) is 10.4 Å². The van der Waals surface area contributed by atoms with Crippen LogP contribution in [0.25, 0.3) is 10.9 Å². The Bertz CT molecular complexity index is 1520. The SMILES string of the molecule is BC(Nc1cc(Cl)c2ncc(C#N)c(NCC(C)(C)C)c2c1)(C1=CN(CC2(O)COC2)NN1)c1ccccc1Cl. The molecule has 12 heteroatoms. The van der Waals surface area contributed by atoms with Crippen molar-refractivity contribution in [2.24, 2.45) is 5.41 Å². The van der Waals surface area contributed by atoms with Crippen molar-refractivity contribution in [2.45, 2.75) is 31.8 Å². The zero-order valence-electron chi connectivity index (χ0n) is 22.9. The number of ether oxygens (including phenoxy) is 1. The van der Waals surface area contributed by atoms with Gasteiger partial charge in [-0.25, -0.2) is 0 Å². The highest BCUT2D eigenvalue weighted by Crippen LogP contribution is 2.39. The molecule has 2 aliphatic heterocycles. The molecule has 40 heavy (non-hydrogen) atoms. The van der Waals surface area contributed by atoms with Crippen LogP contribution in [0.1, 0.15) is 31.9 Å². The van der Waals surface area contributed by atoms with E-state index in [1.807, 2.05) is 50.4 Å². The Balaban J connectivity index is 1.58. The van der Waals surface area contributed by atoms with E-state index in [2.05, 4.69) is 53.4 Å². The maximum Gasteiger partial charge on any atom is 0.148 e. The number of pyridine rings is 1. The molecule has 0 amide bonds. The number of anilines is 2. The molecule has 0 spiro atoms. The van der Waals surface area contributed by atoms with Crippen molar-refractivity contribution >= 4 is 53.3 Å². The van der Waals surface area contributed by atoms with Gasteiger partial charge >= 0.3 is 0 Å². The van der Waals surface area contributed by atoms with E-state index < -0.39 is 11.0 Å². The lowest BCUT2D eigenvalue weighted by Crippen LogP contribution is -2.58. The predicted molar refractivity (Wildman–Crippen MR) is 162 cm³/mol. The number of nitrogens with one attached hydrogen (secondary N) is 4. The molecular formula is C28H32BCl2N7O2. The first-order valence-corrected chi connectivity index (χ1v) is 13.8. The van der Waals surface area contributed by atoms with Crippen molar-refractivity contribution < 1.29 is 9.84 Å². The lowest BCUT2D eigenvalue weighted by molar-refractivity contribution is -0.186. The maximum atomic E-state index is 10.6. The number of fused-ring (bicyclic) bond motifs is 1. The summed E-state index contributed by atoms with van der Waals surface area (Å²) >= 11 is 13.5. The zero-order valence-corrected chi connectivity index (χ0v) is 24.4. The molecule has 1 atom stereocenters. The minimum absolute atomic E-state index is 0.0111. The van der Waals surface area contributed by atoms with Crippen molar-refractivity contribution in [1.29, 1.82) is 5.26 Å². The number of β-amino-alcohol motifs (C(OH)–C–C–N with tert-alkyl or cyclic N) is 1. The minimum atomic E-state index is -0.914. The van der Waals surface area contributed by atoms with Gasteiger partial charge in [0.25, 0.3) is 0 Å². The molecule has 5 N–H and O–H groups in total. The quantitative estimate of drug-likeness (QED) is 0.255. The van der Waals surface area contributed by atoms with Crippen LogP contribution < -0.4 is 21.6 Å². The van der Waals surface area contributed by atoms with Crippen LogP contribution in [0.2, 0.25) is 10.0 Å². The summed E-state index contributed by atoms with van der Waals surface area (Å²) < 4.78 is 5.20. The summed E-state index contributed by atoms with van der Waals surface area (Å²) in [7, 11) is 2.01. The number of hydrogen-bond donors (Lipinski definition) is 5. The monoisotopic (exact) mass is 579 g/mol. The van der Waals surface area contributed by atoms with Crippen molar-refractivity contribution in [3.63, 3.8) is 0 Å². The summed E-state index contributed by atoms with van der Waals surface area (Å²) in [6, 6.07) is 13.6. The number of nitriles is 1. The average Bonchev–Trinajstić information content (AvgIpc) is 3.35. The van der Waals surface area contributed by atoms with Gasteiger partial charge in [0.1, 0.15) is 19.5 Å². The van der Waals surface area contributed by atoms with Crippen molar-refractivity contribution in [3.8, 4) is 6.07 Å². The van der Waals surface area contributed by atoms with Crippen LogP contribution >= 0.6 is 23.2 Å². The number of benzene rings is 2. The Morgan fingerprint density at radius 1 is 1.23 bits per heavy atom. The first-order chi connectivity index (χ1) is 18.9. The highest BCUT2D eigenvalue weighted by molar-refractivity contribution is 6.36. The van der Waals surface area contributed by atoms with Gasteiger partial charge in [0.15, 0.2) is 0 Å². The topological polar surface area (TPSA) is 118 Å². The molecule has 0 radical (unpaired) electrons. The van der Waals surface area contributed by atoms with Gasteiger partial charge in [-0.2, -0.15) is 5.26 Å². The number of rotatable bonds is 8.